The van der Waals surface area contributed by atoms with E-state index < -0.39 is 0 Å². The molecule has 2 rings (SSSR count). The molecule has 2 aromatic rings. The van der Waals surface area contributed by atoms with Crippen LogP contribution in [0.1, 0.15) is 33.4 Å². The Morgan fingerprint density at radius 2 is 2.10 bits per heavy atom. The number of rotatable bonds is 7. The van der Waals surface area contributed by atoms with Crippen LogP contribution >= 0.6 is 11.3 Å². The van der Waals surface area contributed by atoms with Gasteiger partial charge in [0.05, 0.1) is 5.69 Å². The summed E-state index contributed by atoms with van der Waals surface area (Å²) in [7, 11) is 2.05. The van der Waals surface area contributed by atoms with Crippen LogP contribution in [-0.4, -0.2) is 46.0 Å². The largest absolute Gasteiger partial charge is 0.315 e. The average Bonchev–Trinajstić information content (AvgIpc) is 2.97. The summed E-state index contributed by atoms with van der Waals surface area (Å²) in [5.41, 5.74) is 1.27. The second kappa shape index (κ2) is 6.24. The highest BCUT2D eigenvalue weighted by molar-refractivity contribution is 7.15. The number of nitrogens with one attached hydrogen (secondary N) is 1. The first kappa shape index (κ1) is 15.5. The van der Waals surface area contributed by atoms with Crippen molar-refractivity contribution in [1.82, 2.24) is 19.6 Å². The molecule has 1 N–H and O–H groups in total. The summed E-state index contributed by atoms with van der Waals surface area (Å²) in [6.07, 6.45) is 5.17. The number of imidazole rings is 1. The first-order chi connectivity index (χ1) is 9.52. The number of nitrogens with zero attached hydrogens (tertiary/aromatic N) is 3. The lowest BCUT2D eigenvalue weighted by Crippen LogP contribution is -2.57. The summed E-state index contributed by atoms with van der Waals surface area (Å²) in [4.78, 5) is 8.29. The predicted octanol–water partition coefficient (Wildman–Crippen LogP) is 2.65. The molecule has 0 aliphatic rings. The molecule has 0 bridgehead atoms. The lowest BCUT2D eigenvalue weighted by Gasteiger charge is -2.43. The average molecular weight is 294 g/mol. The second-order valence-electron chi connectivity index (χ2n) is 5.70. The fourth-order valence-corrected chi connectivity index (χ4v) is 3.77. The van der Waals surface area contributed by atoms with E-state index in [0.29, 0.717) is 6.04 Å². The van der Waals surface area contributed by atoms with Gasteiger partial charge in [0, 0.05) is 35.8 Å². The maximum absolute atomic E-state index is 4.71. The van der Waals surface area contributed by atoms with Gasteiger partial charge in [-0.25, -0.2) is 4.98 Å². The Balaban J connectivity index is 2.17. The molecule has 0 saturated carbocycles. The van der Waals surface area contributed by atoms with Crippen LogP contribution in [0, 0.1) is 0 Å². The second-order valence-corrected chi connectivity index (χ2v) is 6.57. The van der Waals surface area contributed by atoms with Crippen LogP contribution < -0.4 is 5.32 Å². The number of hydrogen-bond acceptors (Lipinski definition) is 4. The summed E-state index contributed by atoms with van der Waals surface area (Å²) in [5, 5.41) is 5.56. The molecular formula is C15H26N4S. The third-order valence-corrected chi connectivity index (χ3v) is 5.11. The predicted molar refractivity (Wildman–Crippen MR) is 86.6 cm³/mol. The van der Waals surface area contributed by atoms with Crippen molar-refractivity contribution in [2.75, 3.05) is 20.1 Å². The Kier molecular flexibility index (Phi) is 4.83. The van der Waals surface area contributed by atoms with E-state index in [0.717, 1.165) is 30.2 Å². The van der Waals surface area contributed by atoms with Gasteiger partial charge in [-0.3, -0.25) is 9.30 Å². The number of aromatic nitrogens is 2. The lowest BCUT2D eigenvalue weighted by molar-refractivity contribution is 0.0940. The zero-order valence-corrected chi connectivity index (χ0v) is 14.0. The molecular weight excluding hydrogens is 268 g/mol. The fourth-order valence-electron chi connectivity index (χ4n) is 3.05. The first-order valence-electron chi connectivity index (χ1n) is 7.36. The topological polar surface area (TPSA) is 32.6 Å². The van der Waals surface area contributed by atoms with E-state index in [2.05, 4.69) is 60.1 Å². The van der Waals surface area contributed by atoms with Crippen LogP contribution in [0.25, 0.3) is 4.96 Å². The molecule has 0 fully saturated rings. The number of likely N-dealkylation sites (N-methyl/N-ethyl adjacent to an activating group) is 2. The highest BCUT2D eigenvalue weighted by atomic mass is 32.1. The highest BCUT2D eigenvalue weighted by Gasteiger charge is 2.33. The number of fused-ring (bicyclic) bond motifs is 1. The minimum absolute atomic E-state index is 0.106. The highest BCUT2D eigenvalue weighted by Crippen LogP contribution is 2.22. The van der Waals surface area contributed by atoms with Crippen molar-refractivity contribution < 1.29 is 0 Å². The monoisotopic (exact) mass is 294 g/mol. The molecule has 0 aliphatic heterocycles. The van der Waals surface area contributed by atoms with E-state index in [1.54, 1.807) is 11.3 Å². The van der Waals surface area contributed by atoms with E-state index in [4.69, 9.17) is 4.98 Å². The van der Waals surface area contributed by atoms with Crippen molar-refractivity contribution in [3.63, 3.8) is 0 Å². The van der Waals surface area contributed by atoms with Crippen molar-refractivity contribution in [2.24, 2.45) is 0 Å². The van der Waals surface area contributed by atoms with Crippen molar-refractivity contribution in [2.45, 2.75) is 45.7 Å². The van der Waals surface area contributed by atoms with Gasteiger partial charge in [0.15, 0.2) is 4.96 Å². The van der Waals surface area contributed by atoms with Gasteiger partial charge in [0.1, 0.15) is 0 Å². The molecule has 0 aliphatic carbocycles. The van der Waals surface area contributed by atoms with Gasteiger partial charge >= 0.3 is 0 Å². The quantitative estimate of drug-likeness (QED) is 0.852. The van der Waals surface area contributed by atoms with Gasteiger partial charge in [0.25, 0.3) is 0 Å². The third kappa shape index (κ3) is 2.90. The fraction of sp³-hybridized carbons (Fsp3) is 0.667. The van der Waals surface area contributed by atoms with E-state index >= 15 is 0 Å². The van der Waals surface area contributed by atoms with Gasteiger partial charge in [-0.15, -0.1) is 11.3 Å². The molecule has 1 atom stereocenters. The molecule has 4 nitrogen and oxygen atoms in total. The van der Waals surface area contributed by atoms with Crippen LogP contribution in [0.5, 0.6) is 0 Å². The Morgan fingerprint density at radius 3 is 2.65 bits per heavy atom. The number of hydrogen-bond donors (Lipinski definition) is 1. The molecule has 0 spiro atoms. The molecule has 2 aromatic heterocycles. The Morgan fingerprint density at radius 1 is 1.40 bits per heavy atom. The summed E-state index contributed by atoms with van der Waals surface area (Å²) in [6.45, 7) is 11.2. The van der Waals surface area contributed by atoms with Crippen molar-refractivity contribution >= 4 is 16.3 Å². The van der Waals surface area contributed by atoms with E-state index in [9.17, 15) is 0 Å². The van der Waals surface area contributed by atoms with Gasteiger partial charge in [0.2, 0.25) is 0 Å². The molecule has 112 valence electrons. The van der Waals surface area contributed by atoms with Crippen LogP contribution in [0.15, 0.2) is 17.8 Å². The van der Waals surface area contributed by atoms with E-state index in [1.807, 2.05) is 7.05 Å². The molecule has 0 amide bonds. The smallest absolute Gasteiger partial charge is 0.193 e. The van der Waals surface area contributed by atoms with E-state index in [1.165, 1.54) is 0 Å². The molecule has 20 heavy (non-hydrogen) atoms. The van der Waals surface area contributed by atoms with E-state index in [-0.39, 0.29) is 5.54 Å². The Bertz CT molecular complexity index is 510. The number of thiazole rings is 1. The first-order valence-corrected chi connectivity index (χ1v) is 8.24. The molecule has 2 heterocycles. The van der Waals surface area contributed by atoms with Crippen LogP contribution in [0.4, 0.5) is 0 Å². The van der Waals surface area contributed by atoms with Crippen LogP contribution in [-0.2, 0) is 6.42 Å². The standard InChI is InChI=1S/C15H26N4S/c1-6-19(7-2)15(3,4)13(16-5)10-12-11-18-8-9-20-14(18)17-12/h8-9,11,13,16H,6-7,10H2,1-5H3. The molecule has 0 saturated heterocycles. The van der Waals surface area contributed by atoms with Crippen LogP contribution in [0.2, 0.25) is 0 Å². The molecule has 1 unspecified atom stereocenters. The maximum atomic E-state index is 4.71. The van der Waals surface area contributed by atoms with Crippen molar-refractivity contribution in [1.29, 1.82) is 0 Å². The summed E-state index contributed by atoms with van der Waals surface area (Å²) in [5.74, 6) is 0. The molecule has 5 heteroatoms. The zero-order valence-electron chi connectivity index (χ0n) is 13.2. The lowest BCUT2D eigenvalue weighted by atomic mass is 9.89. The minimum atomic E-state index is 0.106. The summed E-state index contributed by atoms with van der Waals surface area (Å²) < 4.78 is 2.11. The molecule has 0 aromatic carbocycles. The van der Waals surface area contributed by atoms with Gasteiger partial charge in [-0.1, -0.05) is 13.8 Å². The normalized spacial score (nSPS) is 14.3. The zero-order chi connectivity index (χ0) is 14.8. The minimum Gasteiger partial charge on any atom is -0.315 e. The Hall–Kier alpha value is -0.910. The SMILES string of the molecule is CCN(CC)C(C)(C)C(Cc1cn2ccsc2n1)NC. The van der Waals surface area contributed by atoms with Gasteiger partial charge in [-0.05, 0) is 34.0 Å². The van der Waals surface area contributed by atoms with Crippen molar-refractivity contribution in [3.05, 3.63) is 23.5 Å². The maximum Gasteiger partial charge on any atom is 0.193 e. The molecule has 0 radical (unpaired) electrons. The Labute approximate surface area is 125 Å². The van der Waals surface area contributed by atoms with Crippen LogP contribution in [0.3, 0.4) is 0 Å². The summed E-state index contributed by atoms with van der Waals surface area (Å²) in [6, 6.07) is 0.381. The van der Waals surface area contributed by atoms with Gasteiger partial charge in [-0.2, -0.15) is 0 Å². The van der Waals surface area contributed by atoms with Gasteiger partial charge < -0.3 is 5.32 Å². The third-order valence-electron chi connectivity index (χ3n) is 4.34. The summed E-state index contributed by atoms with van der Waals surface area (Å²) >= 11 is 1.69. The van der Waals surface area contributed by atoms with Crippen molar-refractivity contribution in [3.8, 4) is 0 Å².